The number of aliphatic hydroxyl groups is 1. The van der Waals surface area contributed by atoms with Gasteiger partial charge >= 0.3 is 5.97 Å². The zero-order valence-corrected chi connectivity index (χ0v) is 23.6. The maximum absolute atomic E-state index is 14.0. The number of carbonyl (C=O) groups is 3. The van der Waals surface area contributed by atoms with Crippen molar-refractivity contribution in [3.05, 3.63) is 74.7 Å². The third-order valence-electron chi connectivity index (χ3n) is 6.68. The summed E-state index contributed by atoms with van der Waals surface area (Å²) in [5.74, 6) is -2.14. The van der Waals surface area contributed by atoms with E-state index in [1.807, 2.05) is 45.9 Å². The SMILES string of the molecule is Cc1cccc([C@H]2O[C@H](CC(=O)Nc3ncc(C(=O)O)s3)C(=O)N(CC(C)(C)CO)c3ccc(Cl)cc32)c1C. The zero-order chi connectivity index (χ0) is 28.5. The van der Waals surface area contributed by atoms with Crippen LogP contribution in [-0.4, -0.2) is 52.2 Å². The lowest BCUT2D eigenvalue weighted by atomic mass is 9.91. The molecule has 1 aliphatic heterocycles. The second-order valence-corrected chi connectivity index (χ2v) is 11.8. The number of fused-ring (bicyclic) bond motifs is 1. The van der Waals surface area contributed by atoms with Gasteiger partial charge in [-0.1, -0.05) is 55.0 Å². The van der Waals surface area contributed by atoms with Gasteiger partial charge in [-0.2, -0.15) is 0 Å². The van der Waals surface area contributed by atoms with E-state index in [0.29, 0.717) is 16.3 Å². The first-order valence-electron chi connectivity index (χ1n) is 12.3. The third kappa shape index (κ3) is 6.30. The lowest BCUT2D eigenvalue weighted by Gasteiger charge is -2.32. The Labute approximate surface area is 235 Å². The maximum atomic E-state index is 14.0. The van der Waals surface area contributed by atoms with Gasteiger partial charge in [0.05, 0.1) is 12.6 Å². The molecule has 0 saturated carbocycles. The number of anilines is 2. The molecule has 0 spiro atoms. The standard InChI is InChI=1S/C28H30ClN3O6S/c1-15-6-5-7-18(16(15)2)24-19-10-17(29)8-9-20(19)32(13-28(3,4)14-33)25(35)21(38-24)11-23(34)31-27-30-12-22(39-27)26(36)37/h5-10,12,21,24,33H,11,13-14H2,1-4H3,(H,36,37)(H,30,31,34)/t21-,24-/m1/s1. The van der Waals surface area contributed by atoms with E-state index in [-0.39, 0.29) is 29.6 Å². The molecule has 0 unspecified atom stereocenters. The highest BCUT2D eigenvalue weighted by molar-refractivity contribution is 7.17. The molecule has 2 amide bonds. The Bertz CT molecular complexity index is 1420. The first-order valence-corrected chi connectivity index (χ1v) is 13.5. The molecule has 0 saturated heterocycles. The number of rotatable bonds is 8. The Hall–Kier alpha value is -3.31. The fourth-order valence-electron chi connectivity index (χ4n) is 4.41. The third-order valence-corrected chi connectivity index (χ3v) is 7.82. The Balaban J connectivity index is 1.77. The summed E-state index contributed by atoms with van der Waals surface area (Å²) in [7, 11) is 0. The molecule has 3 N–H and O–H groups in total. The van der Waals surface area contributed by atoms with Crippen LogP contribution in [0.25, 0.3) is 0 Å². The van der Waals surface area contributed by atoms with Crippen LogP contribution in [0.5, 0.6) is 0 Å². The number of nitrogens with zero attached hydrogens (tertiary/aromatic N) is 2. The van der Waals surface area contributed by atoms with Gasteiger partial charge in [0, 0.05) is 34.8 Å². The minimum atomic E-state index is -1.19. The lowest BCUT2D eigenvalue weighted by Crippen LogP contribution is -2.46. The number of aliphatic hydroxyl groups excluding tert-OH is 1. The van der Waals surface area contributed by atoms with Gasteiger partial charge in [-0.25, -0.2) is 9.78 Å². The van der Waals surface area contributed by atoms with E-state index in [0.717, 1.165) is 34.2 Å². The van der Waals surface area contributed by atoms with E-state index >= 15 is 0 Å². The number of carboxylic acid groups (broad SMARTS) is 1. The monoisotopic (exact) mass is 571 g/mol. The molecule has 3 aromatic rings. The van der Waals surface area contributed by atoms with Crippen molar-refractivity contribution in [3.63, 3.8) is 0 Å². The van der Waals surface area contributed by atoms with E-state index in [1.165, 1.54) is 0 Å². The summed E-state index contributed by atoms with van der Waals surface area (Å²) in [4.78, 5) is 43.7. The summed E-state index contributed by atoms with van der Waals surface area (Å²) < 4.78 is 6.47. The molecule has 1 aliphatic rings. The molecule has 9 nitrogen and oxygen atoms in total. The van der Waals surface area contributed by atoms with Gasteiger partial charge in [-0.05, 0) is 48.7 Å². The fraction of sp³-hybridized carbons (Fsp3) is 0.357. The molecule has 0 fully saturated rings. The number of hydrogen-bond donors (Lipinski definition) is 3. The summed E-state index contributed by atoms with van der Waals surface area (Å²) in [6, 6.07) is 11.0. The summed E-state index contributed by atoms with van der Waals surface area (Å²) in [5.41, 5.74) is 3.48. The van der Waals surface area contributed by atoms with Crippen LogP contribution in [0, 0.1) is 19.3 Å². The van der Waals surface area contributed by atoms with Crippen LogP contribution in [0.1, 0.15) is 58.3 Å². The number of halogens is 1. The van der Waals surface area contributed by atoms with Crippen molar-refractivity contribution in [3.8, 4) is 0 Å². The number of amides is 2. The van der Waals surface area contributed by atoms with Crippen molar-refractivity contribution < 1.29 is 29.3 Å². The quantitative estimate of drug-likeness (QED) is 0.348. The Morgan fingerprint density at radius 2 is 1.95 bits per heavy atom. The highest BCUT2D eigenvalue weighted by atomic mass is 35.5. The number of aryl methyl sites for hydroxylation is 1. The molecule has 0 bridgehead atoms. The van der Waals surface area contributed by atoms with E-state index in [4.69, 9.17) is 21.4 Å². The van der Waals surface area contributed by atoms with Crippen LogP contribution in [0.4, 0.5) is 10.8 Å². The van der Waals surface area contributed by atoms with Gasteiger partial charge in [-0.3, -0.25) is 9.59 Å². The number of carboxylic acids is 1. The summed E-state index contributed by atoms with van der Waals surface area (Å²) in [6.07, 6.45) is -1.07. The van der Waals surface area contributed by atoms with Gasteiger partial charge in [-0.15, -0.1) is 0 Å². The normalized spacial score (nSPS) is 17.5. The molecule has 206 valence electrons. The number of aromatic nitrogens is 1. The van der Waals surface area contributed by atoms with Crippen molar-refractivity contribution in [2.45, 2.75) is 46.3 Å². The largest absolute Gasteiger partial charge is 0.477 e. The maximum Gasteiger partial charge on any atom is 0.347 e. The van der Waals surface area contributed by atoms with Crippen LogP contribution in [0.3, 0.4) is 0 Å². The zero-order valence-electron chi connectivity index (χ0n) is 22.0. The summed E-state index contributed by atoms with van der Waals surface area (Å²) >= 11 is 7.24. The predicted molar refractivity (Wildman–Crippen MR) is 150 cm³/mol. The Morgan fingerprint density at radius 1 is 1.21 bits per heavy atom. The van der Waals surface area contributed by atoms with Gasteiger partial charge in [0.25, 0.3) is 5.91 Å². The Kier molecular flexibility index (Phi) is 8.41. The molecule has 2 atom stereocenters. The number of carbonyl (C=O) groups excluding carboxylic acids is 2. The molecule has 0 aliphatic carbocycles. The summed E-state index contributed by atoms with van der Waals surface area (Å²) in [5, 5.41) is 22.3. The molecule has 2 heterocycles. The topological polar surface area (TPSA) is 129 Å². The first kappa shape index (κ1) is 28.7. The van der Waals surface area contributed by atoms with Gasteiger partial charge in [0.1, 0.15) is 17.1 Å². The predicted octanol–water partition coefficient (Wildman–Crippen LogP) is 4.98. The average Bonchev–Trinajstić information content (AvgIpc) is 3.32. The summed E-state index contributed by atoms with van der Waals surface area (Å²) in [6.45, 7) is 7.65. The van der Waals surface area contributed by atoms with Crippen molar-refractivity contribution in [1.29, 1.82) is 0 Å². The molecule has 4 rings (SSSR count). The second kappa shape index (κ2) is 11.4. The smallest absolute Gasteiger partial charge is 0.347 e. The van der Waals surface area contributed by atoms with Gasteiger partial charge in [0.2, 0.25) is 5.91 Å². The van der Waals surface area contributed by atoms with Crippen molar-refractivity contribution in [1.82, 2.24) is 4.98 Å². The van der Waals surface area contributed by atoms with Crippen LogP contribution in [-0.2, 0) is 14.3 Å². The van der Waals surface area contributed by atoms with Crippen molar-refractivity contribution >= 4 is 51.5 Å². The molecular formula is C28H30ClN3O6S. The molecule has 11 heteroatoms. The molecule has 2 aromatic carbocycles. The minimum absolute atomic E-state index is 0.0215. The average molecular weight is 572 g/mol. The highest BCUT2D eigenvalue weighted by Gasteiger charge is 2.40. The number of nitrogens with one attached hydrogen (secondary N) is 1. The highest BCUT2D eigenvalue weighted by Crippen LogP contribution is 2.42. The van der Waals surface area contributed by atoms with E-state index in [9.17, 15) is 19.5 Å². The number of benzene rings is 2. The van der Waals surface area contributed by atoms with Crippen LogP contribution in [0.15, 0.2) is 42.6 Å². The number of aromatic carboxylic acids is 1. The fourth-order valence-corrected chi connectivity index (χ4v) is 5.27. The van der Waals surface area contributed by atoms with Crippen molar-refractivity contribution in [2.24, 2.45) is 5.41 Å². The molecular weight excluding hydrogens is 542 g/mol. The van der Waals surface area contributed by atoms with E-state index in [1.54, 1.807) is 23.1 Å². The number of thiazole rings is 1. The second-order valence-electron chi connectivity index (χ2n) is 10.3. The van der Waals surface area contributed by atoms with Crippen molar-refractivity contribution in [2.75, 3.05) is 23.4 Å². The van der Waals surface area contributed by atoms with E-state index < -0.39 is 35.4 Å². The van der Waals surface area contributed by atoms with Crippen LogP contribution in [0.2, 0.25) is 5.02 Å². The van der Waals surface area contributed by atoms with Gasteiger partial charge < -0.3 is 25.2 Å². The Morgan fingerprint density at radius 3 is 2.62 bits per heavy atom. The number of hydrogen-bond acceptors (Lipinski definition) is 7. The lowest BCUT2D eigenvalue weighted by molar-refractivity contribution is -0.136. The molecule has 39 heavy (non-hydrogen) atoms. The van der Waals surface area contributed by atoms with Crippen LogP contribution >= 0.6 is 22.9 Å². The molecule has 1 aromatic heterocycles. The molecule has 0 radical (unpaired) electrons. The number of ether oxygens (including phenoxy) is 1. The van der Waals surface area contributed by atoms with Crippen LogP contribution < -0.4 is 10.2 Å². The first-order chi connectivity index (χ1) is 18.4. The van der Waals surface area contributed by atoms with Gasteiger partial charge in [0.15, 0.2) is 5.13 Å². The minimum Gasteiger partial charge on any atom is -0.477 e. The van der Waals surface area contributed by atoms with E-state index in [2.05, 4.69) is 10.3 Å².